The average Bonchev–Trinajstić information content (AvgIpc) is 3.22. The number of likely N-dealkylation sites (tertiary alicyclic amines) is 1. The molecule has 1 N–H and O–H groups in total. The minimum atomic E-state index is 0.0293. The largest absolute Gasteiger partial charge is 0.338 e. The molecule has 0 spiro atoms. The molecule has 4 heterocycles. The molecular weight excluding hydrogens is 372 g/mol. The van der Waals surface area contributed by atoms with Crippen LogP contribution < -0.4 is 5.32 Å². The van der Waals surface area contributed by atoms with E-state index in [-0.39, 0.29) is 11.8 Å². The summed E-state index contributed by atoms with van der Waals surface area (Å²) in [5, 5.41) is 6.02. The predicted octanol–water partition coefficient (Wildman–Crippen LogP) is 3.49. The molecule has 4 rings (SSSR count). The summed E-state index contributed by atoms with van der Waals surface area (Å²) >= 11 is 1.54. The second-order valence-corrected chi connectivity index (χ2v) is 7.39. The third-order valence-corrected chi connectivity index (χ3v) is 5.35. The fraction of sp³-hybridized carbons (Fsp3) is 0.250. The molecule has 1 fully saturated rings. The van der Waals surface area contributed by atoms with Gasteiger partial charge in [-0.05, 0) is 30.5 Å². The number of nitrogens with zero attached hydrogens (tertiary/aromatic N) is 5. The Morgan fingerprint density at radius 2 is 2.18 bits per heavy atom. The van der Waals surface area contributed by atoms with Crippen LogP contribution in [0.2, 0.25) is 0 Å². The molecule has 3 aromatic heterocycles. The highest BCUT2D eigenvalue weighted by Gasteiger charge is 2.25. The summed E-state index contributed by atoms with van der Waals surface area (Å²) in [6.07, 6.45) is 13.8. The van der Waals surface area contributed by atoms with Crippen molar-refractivity contribution in [2.75, 3.05) is 18.4 Å². The Morgan fingerprint density at radius 1 is 1.25 bits per heavy atom. The van der Waals surface area contributed by atoms with Crippen LogP contribution in [0.25, 0.3) is 6.08 Å². The van der Waals surface area contributed by atoms with Crippen LogP contribution in [0.15, 0.2) is 54.6 Å². The Kier molecular flexibility index (Phi) is 5.67. The van der Waals surface area contributed by atoms with E-state index >= 15 is 0 Å². The number of hydrogen-bond donors (Lipinski definition) is 1. The molecule has 1 unspecified atom stereocenters. The summed E-state index contributed by atoms with van der Waals surface area (Å²) in [6.45, 7) is 1.46. The van der Waals surface area contributed by atoms with E-state index in [1.807, 2.05) is 23.1 Å². The lowest BCUT2D eigenvalue weighted by atomic mass is 9.95. The maximum Gasteiger partial charge on any atom is 0.246 e. The first-order valence-corrected chi connectivity index (χ1v) is 10.0. The molecule has 142 valence electrons. The number of hydrogen-bond acceptors (Lipinski definition) is 7. The summed E-state index contributed by atoms with van der Waals surface area (Å²) in [5.41, 5.74) is 1.94. The topological polar surface area (TPSA) is 83.9 Å². The van der Waals surface area contributed by atoms with E-state index in [0.29, 0.717) is 12.4 Å². The number of thiazole rings is 1. The minimum absolute atomic E-state index is 0.0293. The molecule has 1 aliphatic heterocycles. The molecule has 0 aliphatic carbocycles. The highest BCUT2D eigenvalue weighted by molar-refractivity contribution is 7.13. The quantitative estimate of drug-likeness (QED) is 0.669. The molecule has 8 heteroatoms. The Balaban J connectivity index is 1.38. The predicted molar refractivity (Wildman–Crippen MR) is 109 cm³/mol. The lowest BCUT2D eigenvalue weighted by Crippen LogP contribution is -2.38. The van der Waals surface area contributed by atoms with Gasteiger partial charge >= 0.3 is 0 Å². The number of piperidine rings is 1. The number of anilines is 2. The zero-order valence-corrected chi connectivity index (χ0v) is 16.0. The first-order chi connectivity index (χ1) is 13.8. The monoisotopic (exact) mass is 392 g/mol. The second-order valence-electron chi connectivity index (χ2n) is 6.54. The van der Waals surface area contributed by atoms with Crippen LogP contribution in [0.3, 0.4) is 0 Å². The van der Waals surface area contributed by atoms with Crippen LogP contribution in [-0.2, 0) is 4.79 Å². The lowest BCUT2D eigenvalue weighted by Gasteiger charge is -2.31. The first-order valence-electron chi connectivity index (χ1n) is 9.13. The molecular formula is C20H20N6OS. The normalized spacial score (nSPS) is 17.0. The molecule has 0 saturated carbocycles. The van der Waals surface area contributed by atoms with Crippen LogP contribution in [0, 0.1) is 0 Å². The van der Waals surface area contributed by atoms with E-state index in [1.165, 1.54) is 0 Å². The van der Waals surface area contributed by atoms with Crippen molar-refractivity contribution in [1.82, 2.24) is 24.8 Å². The Hall–Kier alpha value is -3.13. The summed E-state index contributed by atoms with van der Waals surface area (Å²) in [5.74, 6) is 0.948. The maximum absolute atomic E-state index is 12.6. The van der Waals surface area contributed by atoms with Gasteiger partial charge in [0.05, 0.1) is 11.9 Å². The van der Waals surface area contributed by atoms with Crippen molar-refractivity contribution >= 4 is 34.3 Å². The third kappa shape index (κ3) is 4.58. The highest BCUT2D eigenvalue weighted by atomic mass is 32.1. The van der Waals surface area contributed by atoms with Crippen molar-refractivity contribution in [3.8, 4) is 0 Å². The van der Waals surface area contributed by atoms with E-state index in [1.54, 1.807) is 48.4 Å². The maximum atomic E-state index is 12.6. The third-order valence-electron chi connectivity index (χ3n) is 4.57. The summed E-state index contributed by atoms with van der Waals surface area (Å²) < 4.78 is 0. The number of pyridine rings is 1. The van der Waals surface area contributed by atoms with Gasteiger partial charge in [0, 0.05) is 55.3 Å². The van der Waals surface area contributed by atoms with E-state index in [0.717, 1.165) is 35.8 Å². The zero-order valence-electron chi connectivity index (χ0n) is 15.2. The van der Waals surface area contributed by atoms with Crippen molar-refractivity contribution in [1.29, 1.82) is 0 Å². The van der Waals surface area contributed by atoms with Crippen molar-refractivity contribution in [2.24, 2.45) is 0 Å². The summed E-state index contributed by atoms with van der Waals surface area (Å²) in [4.78, 5) is 31.5. The van der Waals surface area contributed by atoms with Gasteiger partial charge in [-0.15, -0.1) is 11.3 Å². The number of carbonyl (C=O) groups is 1. The molecule has 0 radical (unpaired) electrons. The van der Waals surface area contributed by atoms with Gasteiger partial charge in [0.1, 0.15) is 0 Å². The van der Waals surface area contributed by atoms with Crippen molar-refractivity contribution in [3.63, 3.8) is 0 Å². The first kappa shape index (κ1) is 18.2. The average molecular weight is 392 g/mol. The van der Waals surface area contributed by atoms with Crippen molar-refractivity contribution in [2.45, 2.75) is 18.8 Å². The van der Waals surface area contributed by atoms with Gasteiger partial charge in [0.25, 0.3) is 0 Å². The Morgan fingerprint density at radius 3 is 3.00 bits per heavy atom. The SMILES string of the molecule is O=C(/C=C/c1cccnc1)N1CCCC(c2csc(Nc3cnccn3)n2)C1. The fourth-order valence-electron chi connectivity index (χ4n) is 3.17. The van der Waals surface area contributed by atoms with Crippen LogP contribution >= 0.6 is 11.3 Å². The molecule has 7 nitrogen and oxygen atoms in total. The molecule has 0 bridgehead atoms. The van der Waals surface area contributed by atoms with E-state index < -0.39 is 0 Å². The van der Waals surface area contributed by atoms with Crippen molar-refractivity contribution in [3.05, 3.63) is 65.8 Å². The van der Waals surface area contributed by atoms with Gasteiger partial charge in [-0.25, -0.2) is 9.97 Å². The lowest BCUT2D eigenvalue weighted by molar-refractivity contribution is -0.127. The molecule has 1 saturated heterocycles. The Bertz CT molecular complexity index is 944. The smallest absolute Gasteiger partial charge is 0.246 e. The van der Waals surface area contributed by atoms with Crippen LogP contribution in [0.5, 0.6) is 0 Å². The molecule has 1 atom stereocenters. The number of amides is 1. The van der Waals surface area contributed by atoms with Crippen LogP contribution in [-0.4, -0.2) is 43.8 Å². The zero-order chi connectivity index (χ0) is 19.2. The number of aromatic nitrogens is 4. The van der Waals surface area contributed by atoms with Gasteiger partial charge < -0.3 is 10.2 Å². The Labute approximate surface area is 167 Å². The molecule has 3 aromatic rings. The van der Waals surface area contributed by atoms with Gasteiger partial charge in [-0.2, -0.15) is 0 Å². The van der Waals surface area contributed by atoms with Crippen molar-refractivity contribution < 1.29 is 4.79 Å². The molecule has 1 aliphatic rings. The van der Waals surface area contributed by atoms with E-state index in [2.05, 4.69) is 25.6 Å². The van der Waals surface area contributed by atoms with Gasteiger partial charge in [-0.1, -0.05) is 6.07 Å². The fourth-order valence-corrected chi connectivity index (χ4v) is 3.97. The summed E-state index contributed by atoms with van der Waals surface area (Å²) in [7, 11) is 0. The number of nitrogens with one attached hydrogen (secondary N) is 1. The highest BCUT2D eigenvalue weighted by Crippen LogP contribution is 2.30. The van der Waals surface area contributed by atoms with Crippen LogP contribution in [0.4, 0.5) is 10.9 Å². The molecule has 0 aromatic carbocycles. The second kappa shape index (κ2) is 8.71. The number of rotatable bonds is 5. The van der Waals surface area contributed by atoms with Gasteiger partial charge in [-0.3, -0.25) is 14.8 Å². The van der Waals surface area contributed by atoms with Crippen LogP contribution in [0.1, 0.15) is 30.0 Å². The van der Waals surface area contributed by atoms with E-state index in [9.17, 15) is 4.79 Å². The molecule has 1 amide bonds. The summed E-state index contributed by atoms with van der Waals surface area (Å²) in [6, 6.07) is 3.78. The number of carbonyl (C=O) groups excluding carboxylic acids is 1. The van der Waals surface area contributed by atoms with E-state index in [4.69, 9.17) is 4.98 Å². The van der Waals surface area contributed by atoms with Gasteiger partial charge in [0.15, 0.2) is 10.9 Å². The standard InChI is InChI=1S/C20H20N6OS/c27-19(6-5-15-3-1-7-21-11-15)26-10-2-4-16(13-26)17-14-28-20(24-17)25-18-12-22-8-9-23-18/h1,3,5-9,11-12,14,16H,2,4,10,13H2,(H,23,24,25)/b6-5+. The molecule has 28 heavy (non-hydrogen) atoms. The van der Waals surface area contributed by atoms with Gasteiger partial charge in [0.2, 0.25) is 5.91 Å². The minimum Gasteiger partial charge on any atom is -0.338 e.